The molecule has 0 unspecified atom stereocenters. The smallest absolute Gasteiger partial charge is 0.0992 e. The van der Waals surface area contributed by atoms with E-state index in [4.69, 9.17) is 11.0 Å². The molecule has 0 saturated heterocycles. The Labute approximate surface area is 110 Å². The first-order valence-corrected chi connectivity index (χ1v) is 6.37. The van der Waals surface area contributed by atoms with E-state index >= 15 is 0 Å². The number of hydrogen-bond acceptors (Lipinski definition) is 3. The van der Waals surface area contributed by atoms with Crippen molar-refractivity contribution in [2.75, 3.05) is 5.73 Å². The maximum atomic E-state index is 8.95. The van der Waals surface area contributed by atoms with Crippen LogP contribution in [0, 0.1) is 11.3 Å². The number of rotatable bonds is 0. The predicted molar refractivity (Wildman–Crippen MR) is 75.1 cm³/mol. The monoisotopic (exact) mass is 250 g/mol. The molecular formula is C15H10N2S. The lowest BCUT2D eigenvalue weighted by atomic mass is 10.1. The number of anilines is 1. The van der Waals surface area contributed by atoms with Crippen molar-refractivity contribution in [3.63, 3.8) is 0 Å². The van der Waals surface area contributed by atoms with Crippen molar-refractivity contribution < 1.29 is 0 Å². The van der Waals surface area contributed by atoms with Gasteiger partial charge in [0.15, 0.2) is 0 Å². The van der Waals surface area contributed by atoms with Gasteiger partial charge in [-0.2, -0.15) is 5.26 Å². The Kier molecular flexibility index (Phi) is 2.58. The van der Waals surface area contributed by atoms with Gasteiger partial charge >= 0.3 is 0 Å². The van der Waals surface area contributed by atoms with Crippen LogP contribution in [0.15, 0.2) is 46.2 Å². The van der Waals surface area contributed by atoms with Gasteiger partial charge in [0, 0.05) is 15.5 Å². The van der Waals surface area contributed by atoms with Gasteiger partial charge in [0.05, 0.1) is 11.6 Å². The van der Waals surface area contributed by atoms with E-state index in [1.165, 1.54) is 0 Å². The molecule has 0 bridgehead atoms. The van der Waals surface area contributed by atoms with Crippen LogP contribution in [0.3, 0.4) is 0 Å². The summed E-state index contributed by atoms with van der Waals surface area (Å²) < 4.78 is 0. The Morgan fingerprint density at radius 1 is 0.944 bits per heavy atom. The summed E-state index contributed by atoms with van der Waals surface area (Å²) in [5.41, 5.74) is 9.51. The maximum absolute atomic E-state index is 8.95. The first kappa shape index (κ1) is 10.9. The van der Waals surface area contributed by atoms with Gasteiger partial charge in [-0.05, 0) is 41.5 Å². The highest BCUT2D eigenvalue weighted by atomic mass is 32.2. The Morgan fingerprint density at radius 3 is 2.61 bits per heavy atom. The van der Waals surface area contributed by atoms with E-state index in [0.29, 0.717) is 5.56 Å². The zero-order chi connectivity index (χ0) is 12.5. The molecule has 2 N–H and O–H groups in total. The molecule has 0 aromatic heterocycles. The van der Waals surface area contributed by atoms with E-state index < -0.39 is 0 Å². The summed E-state index contributed by atoms with van der Waals surface area (Å²) in [5.74, 6) is 0. The Hall–Kier alpha value is -2.18. The summed E-state index contributed by atoms with van der Waals surface area (Å²) in [6, 6.07) is 13.8. The van der Waals surface area contributed by atoms with E-state index in [9.17, 15) is 0 Å². The Bertz CT molecular complexity index is 696. The molecule has 0 amide bonds. The van der Waals surface area contributed by atoms with E-state index in [0.717, 1.165) is 26.6 Å². The standard InChI is InChI=1S/C15H10N2S/c16-9-10-1-2-11-3-4-12-8-13(17)5-6-14(12)18-15(11)7-10/h1-8H,17H2. The summed E-state index contributed by atoms with van der Waals surface area (Å²) >= 11 is 1.67. The first-order chi connectivity index (χ1) is 8.76. The van der Waals surface area contributed by atoms with E-state index in [2.05, 4.69) is 18.2 Å². The first-order valence-electron chi connectivity index (χ1n) is 5.56. The van der Waals surface area contributed by atoms with Crippen LogP contribution in [0.1, 0.15) is 16.7 Å². The number of hydrogen-bond donors (Lipinski definition) is 1. The van der Waals surface area contributed by atoms with Crippen molar-refractivity contribution in [1.82, 2.24) is 0 Å². The summed E-state index contributed by atoms with van der Waals surface area (Å²) in [5, 5.41) is 8.95. The number of nitrogen functional groups attached to an aromatic ring is 1. The summed E-state index contributed by atoms with van der Waals surface area (Å²) in [6.07, 6.45) is 4.13. The van der Waals surface area contributed by atoms with Gasteiger partial charge in [-0.1, -0.05) is 30.0 Å². The zero-order valence-corrected chi connectivity index (χ0v) is 10.4. The molecule has 0 radical (unpaired) electrons. The highest BCUT2D eigenvalue weighted by molar-refractivity contribution is 7.99. The third-order valence-electron chi connectivity index (χ3n) is 2.84. The number of nitriles is 1. The van der Waals surface area contributed by atoms with Crippen molar-refractivity contribution in [2.45, 2.75) is 9.79 Å². The second-order valence-electron chi connectivity index (χ2n) is 4.10. The molecule has 2 aromatic rings. The van der Waals surface area contributed by atoms with Gasteiger partial charge in [0.25, 0.3) is 0 Å². The normalized spacial score (nSPS) is 12.2. The van der Waals surface area contributed by atoms with Crippen molar-refractivity contribution in [2.24, 2.45) is 0 Å². The highest BCUT2D eigenvalue weighted by Crippen LogP contribution is 2.38. The molecule has 0 fully saturated rings. The minimum atomic E-state index is 0.688. The maximum Gasteiger partial charge on any atom is 0.0992 e. The lowest BCUT2D eigenvalue weighted by molar-refractivity contribution is 1.36. The SMILES string of the molecule is N#Cc1ccc2c(c1)Sc1ccc(N)cc1C=C2. The predicted octanol–water partition coefficient (Wildman–Crippen LogP) is 3.78. The lowest BCUT2D eigenvalue weighted by Gasteiger charge is -2.06. The molecule has 3 rings (SSSR count). The van der Waals surface area contributed by atoms with Crippen LogP contribution in [0.4, 0.5) is 5.69 Å². The fourth-order valence-electron chi connectivity index (χ4n) is 1.92. The fraction of sp³-hybridized carbons (Fsp3) is 0. The van der Waals surface area contributed by atoms with Gasteiger partial charge in [0.1, 0.15) is 0 Å². The topological polar surface area (TPSA) is 49.8 Å². The fourth-order valence-corrected chi connectivity index (χ4v) is 2.98. The number of benzene rings is 2. The molecule has 1 heterocycles. The Morgan fingerprint density at radius 2 is 1.78 bits per heavy atom. The molecule has 0 saturated carbocycles. The van der Waals surface area contributed by atoms with Crippen LogP contribution in [0.2, 0.25) is 0 Å². The molecule has 18 heavy (non-hydrogen) atoms. The number of fused-ring (bicyclic) bond motifs is 2. The van der Waals surface area contributed by atoms with Crippen LogP contribution >= 0.6 is 11.8 Å². The zero-order valence-electron chi connectivity index (χ0n) is 9.55. The van der Waals surface area contributed by atoms with Crippen molar-refractivity contribution >= 4 is 29.6 Å². The molecule has 0 aliphatic carbocycles. The average molecular weight is 250 g/mol. The Balaban J connectivity index is 2.15. The third-order valence-corrected chi connectivity index (χ3v) is 4.00. The van der Waals surface area contributed by atoms with E-state index in [1.807, 2.05) is 36.4 Å². The van der Waals surface area contributed by atoms with Crippen LogP contribution in [-0.2, 0) is 0 Å². The summed E-state index contributed by atoms with van der Waals surface area (Å²) in [4.78, 5) is 2.27. The van der Waals surface area contributed by atoms with Gasteiger partial charge in [-0.25, -0.2) is 0 Å². The van der Waals surface area contributed by atoms with Crippen LogP contribution in [-0.4, -0.2) is 0 Å². The molecule has 0 spiro atoms. The van der Waals surface area contributed by atoms with Gasteiger partial charge < -0.3 is 5.73 Å². The van der Waals surface area contributed by atoms with Crippen molar-refractivity contribution in [1.29, 1.82) is 5.26 Å². The minimum Gasteiger partial charge on any atom is -0.399 e. The average Bonchev–Trinajstić information content (AvgIpc) is 2.56. The second-order valence-corrected chi connectivity index (χ2v) is 5.18. The van der Waals surface area contributed by atoms with Crippen molar-refractivity contribution in [3.8, 4) is 6.07 Å². The van der Waals surface area contributed by atoms with Crippen LogP contribution in [0.25, 0.3) is 12.2 Å². The molecular weight excluding hydrogens is 240 g/mol. The second kappa shape index (κ2) is 4.25. The number of nitrogens with two attached hydrogens (primary N) is 1. The van der Waals surface area contributed by atoms with Gasteiger partial charge in [-0.15, -0.1) is 0 Å². The summed E-state index contributed by atoms with van der Waals surface area (Å²) in [7, 11) is 0. The molecule has 1 aliphatic heterocycles. The number of nitrogens with zero attached hydrogens (tertiary/aromatic N) is 1. The molecule has 86 valence electrons. The van der Waals surface area contributed by atoms with Gasteiger partial charge in [-0.3, -0.25) is 0 Å². The minimum absolute atomic E-state index is 0.688. The lowest BCUT2D eigenvalue weighted by Crippen LogP contribution is -1.86. The summed E-state index contributed by atoms with van der Waals surface area (Å²) in [6.45, 7) is 0. The quantitative estimate of drug-likeness (QED) is 0.618. The molecule has 2 nitrogen and oxygen atoms in total. The highest BCUT2D eigenvalue weighted by Gasteiger charge is 2.10. The van der Waals surface area contributed by atoms with Gasteiger partial charge in [0.2, 0.25) is 0 Å². The van der Waals surface area contributed by atoms with E-state index in [-0.39, 0.29) is 0 Å². The molecule has 3 heteroatoms. The molecule has 1 aliphatic rings. The van der Waals surface area contributed by atoms with E-state index in [1.54, 1.807) is 11.8 Å². The van der Waals surface area contributed by atoms with Crippen LogP contribution < -0.4 is 5.73 Å². The van der Waals surface area contributed by atoms with Crippen LogP contribution in [0.5, 0.6) is 0 Å². The molecule has 0 atom stereocenters. The molecule has 2 aromatic carbocycles. The largest absolute Gasteiger partial charge is 0.399 e. The third kappa shape index (κ3) is 1.87. The van der Waals surface area contributed by atoms with Crippen molar-refractivity contribution in [3.05, 3.63) is 53.1 Å².